The molecule has 1 aliphatic carbocycles. The SMILES string of the molecule is N[C@H](C(=O)N1CCCC1)C1CCc2[nH]c3ccc(C(=O)O)cc3c2C1. The molecule has 1 aromatic carbocycles. The van der Waals surface area contributed by atoms with Gasteiger partial charge >= 0.3 is 5.97 Å². The van der Waals surface area contributed by atoms with Gasteiger partial charge < -0.3 is 20.7 Å². The van der Waals surface area contributed by atoms with Crippen LogP contribution < -0.4 is 5.73 Å². The number of fused-ring (bicyclic) bond motifs is 3. The van der Waals surface area contributed by atoms with Crippen LogP contribution in [0.15, 0.2) is 18.2 Å². The fourth-order valence-electron chi connectivity index (χ4n) is 4.23. The lowest BCUT2D eigenvalue weighted by Gasteiger charge is -2.30. The number of likely N-dealkylation sites (tertiary alicyclic amines) is 1. The first-order valence-electron chi connectivity index (χ1n) is 8.95. The molecular formula is C19H23N3O3. The lowest BCUT2D eigenvalue weighted by atomic mass is 9.81. The van der Waals surface area contributed by atoms with Gasteiger partial charge in [-0.15, -0.1) is 0 Å². The van der Waals surface area contributed by atoms with Crippen LogP contribution in [-0.2, 0) is 17.6 Å². The van der Waals surface area contributed by atoms with Crippen molar-refractivity contribution in [2.75, 3.05) is 13.1 Å². The molecule has 0 bridgehead atoms. The average Bonchev–Trinajstić information content (AvgIpc) is 3.27. The number of nitrogens with one attached hydrogen (secondary N) is 1. The van der Waals surface area contributed by atoms with Crippen LogP contribution in [0.5, 0.6) is 0 Å². The van der Waals surface area contributed by atoms with Crippen molar-refractivity contribution in [3.8, 4) is 0 Å². The Morgan fingerprint density at radius 1 is 1.28 bits per heavy atom. The molecule has 2 aromatic rings. The molecule has 4 rings (SSSR count). The van der Waals surface area contributed by atoms with Crippen molar-refractivity contribution in [3.05, 3.63) is 35.0 Å². The molecule has 1 amide bonds. The molecule has 0 saturated carbocycles. The van der Waals surface area contributed by atoms with E-state index in [1.165, 1.54) is 0 Å². The van der Waals surface area contributed by atoms with Crippen LogP contribution in [-0.4, -0.2) is 46.0 Å². The second-order valence-electron chi connectivity index (χ2n) is 7.21. The van der Waals surface area contributed by atoms with Gasteiger partial charge in [-0.05, 0) is 61.8 Å². The van der Waals surface area contributed by atoms with Crippen LogP contribution >= 0.6 is 0 Å². The average molecular weight is 341 g/mol. The molecule has 2 heterocycles. The molecule has 4 N–H and O–H groups in total. The van der Waals surface area contributed by atoms with Gasteiger partial charge in [-0.1, -0.05) is 0 Å². The number of aromatic nitrogens is 1. The van der Waals surface area contributed by atoms with E-state index in [0.29, 0.717) is 0 Å². The van der Waals surface area contributed by atoms with E-state index in [-0.39, 0.29) is 17.4 Å². The van der Waals surface area contributed by atoms with Gasteiger partial charge in [-0.2, -0.15) is 0 Å². The van der Waals surface area contributed by atoms with Crippen molar-refractivity contribution in [2.24, 2.45) is 11.7 Å². The second kappa shape index (κ2) is 6.19. The molecule has 132 valence electrons. The van der Waals surface area contributed by atoms with Gasteiger partial charge in [0, 0.05) is 29.7 Å². The maximum Gasteiger partial charge on any atom is 0.335 e. The van der Waals surface area contributed by atoms with Gasteiger partial charge in [0.15, 0.2) is 0 Å². The minimum atomic E-state index is -0.926. The smallest absolute Gasteiger partial charge is 0.335 e. The van der Waals surface area contributed by atoms with Gasteiger partial charge in [-0.3, -0.25) is 4.79 Å². The maximum absolute atomic E-state index is 12.6. The summed E-state index contributed by atoms with van der Waals surface area (Å²) in [5.41, 5.74) is 9.84. The monoisotopic (exact) mass is 341 g/mol. The van der Waals surface area contributed by atoms with E-state index in [4.69, 9.17) is 5.73 Å². The number of amides is 1. The zero-order chi connectivity index (χ0) is 17.6. The third-order valence-electron chi connectivity index (χ3n) is 5.68. The Labute approximate surface area is 146 Å². The summed E-state index contributed by atoms with van der Waals surface area (Å²) < 4.78 is 0. The van der Waals surface area contributed by atoms with E-state index < -0.39 is 12.0 Å². The van der Waals surface area contributed by atoms with E-state index in [9.17, 15) is 14.7 Å². The van der Waals surface area contributed by atoms with Crippen molar-refractivity contribution in [1.29, 1.82) is 0 Å². The number of nitrogens with two attached hydrogens (primary N) is 1. The fraction of sp³-hybridized carbons (Fsp3) is 0.474. The number of carbonyl (C=O) groups is 2. The standard InChI is InChI=1S/C19H23N3O3/c20-17(18(23)22-7-1-2-8-22)11-3-5-15-13(9-11)14-10-12(19(24)25)4-6-16(14)21-15/h4,6,10-11,17,21H,1-3,5,7-9,20H2,(H,24,25)/t11?,17-/m0/s1. The Kier molecular flexibility index (Phi) is 4.00. The zero-order valence-electron chi connectivity index (χ0n) is 14.1. The van der Waals surface area contributed by atoms with Gasteiger partial charge in [0.2, 0.25) is 5.91 Å². The van der Waals surface area contributed by atoms with Crippen molar-refractivity contribution < 1.29 is 14.7 Å². The number of aryl methyl sites for hydroxylation is 1. The molecular weight excluding hydrogens is 318 g/mol. The maximum atomic E-state index is 12.6. The Morgan fingerprint density at radius 3 is 2.76 bits per heavy atom. The molecule has 0 spiro atoms. The highest BCUT2D eigenvalue weighted by molar-refractivity contribution is 5.95. The summed E-state index contributed by atoms with van der Waals surface area (Å²) >= 11 is 0. The van der Waals surface area contributed by atoms with Crippen molar-refractivity contribution >= 4 is 22.8 Å². The number of carboxylic acid groups (broad SMARTS) is 1. The van der Waals surface area contributed by atoms with Crippen molar-refractivity contribution in [3.63, 3.8) is 0 Å². The number of aromatic carboxylic acids is 1. The summed E-state index contributed by atoms with van der Waals surface area (Å²) in [5.74, 6) is -0.754. The highest BCUT2D eigenvalue weighted by atomic mass is 16.4. The quantitative estimate of drug-likeness (QED) is 0.794. The molecule has 1 fully saturated rings. The minimum absolute atomic E-state index is 0.0667. The van der Waals surface area contributed by atoms with E-state index >= 15 is 0 Å². The van der Waals surface area contributed by atoms with Crippen LogP contribution in [0.2, 0.25) is 0 Å². The Hall–Kier alpha value is -2.34. The normalized spacial score (nSPS) is 21.3. The van der Waals surface area contributed by atoms with E-state index in [1.54, 1.807) is 12.1 Å². The summed E-state index contributed by atoms with van der Waals surface area (Å²) in [7, 11) is 0. The largest absolute Gasteiger partial charge is 0.478 e. The molecule has 1 unspecified atom stereocenters. The zero-order valence-corrected chi connectivity index (χ0v) is 14.1. The second-order valence-corrected chi connectivity index (χ2v) is 7.21. The molecule has 1 aromatic heterocycles. The van der Waals surface area contributed by atoms with Gasteiger partial charge in [0.05, 0.1) is 11.6 Å². The molecule has 0 radical (unpaired) electrons. The Bertz CT molecular complexity index is 836. The Morgan fingerprint density at radius 2 is 2.04 bits per heavy atom. The summed E-state index contributed by atoms with van der Waals surface area (Å²) in [6.07, 6.45) is 4.57. The third-order valence-corrected chi connectivity index (χ3v) is 5.68. The van der Waals surface area contributed by atoms with Crippen molar-refractivity contribution in [1.82, 2.24) is 9.88 Å². The van der Waals surface area contributed by atoms with Gasteiger partial charge in [0.1, 0.15) is 0 Å². The fourth-order valence-corrected chi connectivity index (χ4v) is 4.23. The predicted molar refractivity (Wildman–Crippen MR) is 94.6 cm³/mol. The molecule has 6 heteroatoms. The first-order valence-corrected chi connectivity index (χ1v) is 8.95. The first kappa shape index (κ1) is 16.1. The van der Waals surface area contributed by atoms with Crippen molar-refractivity contribution in [2.45, 2.75) is 38.1 Å². The molecule has 2 aliphatic rings. The van der Waals surface area contributed by atoms with E-state index in [2.05, 4.69) is 4.98 Å². The van der Waals surface area contributed by atoms with Crippen LogP contribution in [0, 0.1) is 5.92 Å². The number of hydrogen-bond acceptors (Lipinski definition) is 3. The van der Waals surface area contributed by atoms with Crippen LogP contribution in [0.3, 0.4) is 0 Å². The molecule has 25 heavy (non-hydrogen) atoms. The number of nitrogens with zero attached hydrogens (tertiary/aromatic N) is 1. The molecule has 2 atom stereocenters. The lowest BCUT2D eigenvalue weighted by molar-refractivity contribution is -0.132. The van der Waals surface area contributed by atoms with Crippen LogP contribution in [0.4, 0.5) is 0 Å². The Balaban J connectivity index is 1.61. The highest BCUT2D eigenvalue weighted by Gasteiger charge is 2.33. The first-order chi connectivity index (χ1) is 12.0. The highest BCUT2D eigenvalue weighted by Crippen LogP contribution is 2.33. The number of carboxylic acids is 1. The summed E-state index contributed by atoms with van der Waals surface area (Å²) in [6.45, 7) is 1.64. The lowest BCUT2D eigenvalue weighted by Crippen LogP contribution is -2.48. The number of H-pyrrole nitrogens is 1. The number of carbonyl (C=O) groups excluding carboxylic acids is 1. The number of hydrogen-bond donors (Lipinski definition) is 3. The molecule has 6 nitrogen and oxygen atoms in total. The van der Waals surface area contributed by atoms with Gasteiger partial charge in [0.25, 0.3) is 0 Å². The molecule has 1 aliphatic heterocycles. The predicted octanol–water partition coefficient (Wildman–Crippen LogP) is 1.92. The summed E-state index contributed by atoms with van der Waals surface area (Å²) in [5, 5.41) is 10.2. The number of benzene rings is 1. The summed E-state index contributed by atoms with van der Waals surface area (Å²) in [6, 6.07) is 4.69. The van der Waals surface area contributed by atoms with Gasteiger partial charge in [-0.25, -0.2) is 4.79 Å². The molecule has 1 saturated heterocycles. The minimum Gasteiger partial charge on any atom is -0.478 e. The number of rotatable bonds is 3. The van der Waals surface area contributed by atoms with Crippen LogP contribution in [0.25, 0.3) is 10.9 Å². The van der Waals surface area contributed by atoms with E-state index in [1.807, 2.05) is 11.0 Å². The van der Waals surface area contributed by atoms with E-state index in [0.717, 1.165) is 67.4 Å². The van der Waals surface area contributed by atoms with Crippen LogP contribution in [0.1, 0.15) is 40.9 Å². The summed E-state index contributed by atoms with van der Waals surface area (Å²) in [4.78, 5) is 29.2. The number of aromatic amines is 1. The topological polar surface area (TPSA) is 99.4 Å². The third kappa shape index (κ3) is 2.80.